The maximum atomic E-state index is 4.29. The lowest BCUT2D eigenvalue weighted by molar-refractivity contribution is 0.603. The van der Waals surface area contributed by atoms with Gasteiger partial charge in [-0.2, -0.15) is 5.10 Å². The van der Waals surface area contributed by atoms with Crippen LogP contribution in [0.25, 0.3) is 0 Å². The fourth-order valence-corrected chi connectivity index (χ4v) is 2.42. The smallest absolute Gasteiger partial charge is 0.0729 e. The van der Waals surface area contributed by atoms with Gasteiger partial charge in [-0.3, -0.25) is 4.68 Å². The number of nitrogens with zero attached hydrogens (tertiary/aromatic N) is 2. The van der Waals surface area contributed by atoms with Crippen molar-refractivity contribution in [3.05, 3.63) is 34.3 Å². The van der Waals surface area contributed by atoms with Crippen molar-refractivity contribution in [1.29, 1.82) is 0 Å². The molecule has 0 amide bonds. The van der Waals surface area contributed by atoms with Crippen LogP contribution in [0.3, 0.4) is 0 Å². The third-order valence-electron chi connectivity index (χ3n) is 2.51. The highest BCUT2D eigenvalue weighted by Gasteiger charge is 2.01. The summed E-state index contributed by atoms with van der Waals surface area (Å²) in [4.78, 5) is 1.39. The van der Waals surface area contributed by atoms with Crippen LogP contribution >= 0.6 is 11.3 Å². The van der Waals surface area contributed by atoms with Crippen molar-refractivity contribution in [3.63, 3.8) is 0 Å². The van der Waals surface area contributed by atoms with E-state index in [1.807, 2.05) is 10.9 Å². The molecule has 3 nitrogen and oxygen atoms in total. The number of rotatable bonds is 5. The number of aromatic nitrogens is 2. The summed E-state index contributed by atoms with van der Waals surface area (Å²) in [7, 11) is 0. The highest BCUT2D eigenvalue weighted by Crippen LogP contribution is 2.17. The Labute approximate surface area is 100 Å². The Morgan fingerprint density at radius 3 is 3.06 bits per heavy atom. The lowest BCUT2D eigenvalue weighted by Gasteiger charge is -2.02. The van der Waals surface area contributed by atoms with Crippen molar-refractivity contribution in [2.45, 2.75) is 33.4 Å². The van der Waals surface area contributed by atoms with Gasteiger partial charge in [0.25, 0.3) is 0 Å². The van der Waals surface area contributed by atoms with Crippen LogP contribution < -0.4 is 5.32 Å². The summed E-state index contributed by atoms with van der Waals surface area (Å²) in [5.74, 6) is 0. The van der Waals surface area contributed by atoms with Gasteiger partial charge in [-0.25, -0.2) is 0 Å². The predicted octanol–water partition coefficient (Wildman–Crippen LogP) is 3.28. The minimum atomic E-state index is 0.890. The topological polar surface area (TPSA) is 29.9 Å². The molecule has 0 saturated carbocycles. The molecule has 86 valence electrons. The minimum absolute atomic E-state index is 0.890. The van der Waals surface area contributed by atoms with Gasteiger partial charge >= 0.3 is 0 Å². The molecule has 0 aliphatic rings. The fraction of sp³-hybridized carbons (Fsp3) is 0.417. The standard InChI is InChI=1S/C12H17N3S/c1-3-5-15-9-11(7-14-15)13-8-12-10(2)4-6-16-12/h4,6-7,9,13H,3,5,8H2,1-2H3. The highest BCUT2D eigenvalue weighted by atomic mass is 32.1. The van der Waals surface area contributed by atoms with E-state index in [-0.39, 0.29) is 0 Å². The zero-order valence-corrected chi connectivity index (χ0v) is 10.5. The van der Waals surface area contributed by atoms with E-state index in [9.17, 15) is 0 Å². The van der Waals surface area contributed by atoms with Crippen LogP contribution in [0.5, 0.6) is 0 Å². The molecule has 1 N–H and O–H groups in total. The fourth-order valence-electron chi connectivity index (χ4n) is 1.57. The van der Waals surface area contributed by atoms with E-state index >= 15 is 0 Å². The summed E-state index contributed by atoms with van der Waals surface area (Å²) in [6, 6.07) is 2.15. The molecule has 0 atom stereocenters. The van der Waals surface area contributed by atoms with Crippen molar-refractivity contribution < 1.29 is 0 Å². The van der Waals surface area contributed by atoms with Gasteiger partial charge in [-0.05, 0) is 30.4 Å². The summed E-state index contributed by atoms with van der Waals surface area (Å²) in [5, 5.41) is 9.81. The molecular weight excluding hydrogens is 218 g/mol. The van der Waals surface area contributed by atoms with Crippen molar-refractivity contribution in [2.75, 3.05) is 5.32 Å². The average Bonchev–Trinajstić information content (AvgIpc) is 2.86. The van der Waals surface area contributed by atoms with E-state index in [4.69, 9.17) is 0 Å². The predicted molar refractivity (Wildman–Crippen MR) is 68.9 cm³/mol. The Hall–Kier alpha value is -1.29. The molecule has 16 heavy (non-hydrogen) atoms. The molecule has 0 aliphatic carbocycles. The number of hydrogen-bond donors (Lipinski definition) is 1. The molecule has 2 heterocycles. The molecule has 4 heteroatoms. The molecule has 0 radical (unpaired) electrons. The van der Waals surface area contributed by atoms with Gasteiger partial charge in [-0.15, -0.1) is 11.3 Å². The summed E-state index contributed by atoms with van der Waals surface area (Å²) in [5.41, 5.74) is 2.46. The largest absolute Gasteiger partial charge is 0.378 e. The first-order valence-electron chi connectivity index (χ1n) is 5.59. The maximum Gasteiger partial charge on any atom is 0.0729 e. The molecule has 0 aliphatic heterocycles. The minimum Gasteiger partial charge on any atom is -0.378 e. The first-order chi connectivity index (χ1) is 7.79. The molecule has 0 fully saturated rings. The first-order valence-corrected chi connectivity index (χ1v) is 6.47. The molecular formula is C12H17N3S. The zero-order chi connectivity index (χ0) is 11.4. The molecule has 2 rings (SSSR count). The van der Waals surface area contributed by atoms with Crippen LogP contribution in [0.2, 0.25) is 0 Å². The van der Waals surface area contributed by atoms with Gasteiger partial charge in [0.05, 0.1) is 11.9 Å². The molecule has 0 unspecified atom stereocenters. The third-order valence-corrected chi connectivity index (χ3v) is 3.53. The Bertz CT molecular complexity index is 445. The first kappa shape index (κ1) is 11.2. The Morgan fingerprint density at radius 2 is 2.38 bits per heavy atom. The van der Waals surface area contributed by atoms with Crippen LogP contribution in [-0.4, -0.2) is 9.78 Å². The lowest BCUT2D eigenvalue weighted by Crippen LogP contribution is -1.98. The summed E-state index contributed by atoms with van der Waals surface area (Å²) in [6.45, 7) is 6.18. The quantitative estimate of drug-likeness (QED) is 0.862. The van der Waals surface area contributed by atoms with Gasteiger partial charge in [0.2, 0.25) is 0 Å². The van der Waals surface area contributed by atoms with E-state index in [1.54, 1.807) is 11.3 Å². The SMILES string of the molecule is CCCn1cc(NCc2sccc2C)cn1. The van der Waals surface area contributed by atoms with Crippen LogP contribution in [-0.2, 0) is 13.1 Å². The zero-order valence-electron chi connectivity index (χ0n) is 9.73. The third kappa shape index (κ3) is 2.64. The molecule has 0 saturated heterocycles. The van der Waals surface area contributed by atoms with Gasteiger partial charge in [0.1, 0.15) is 0 Å². The van der Waals surface area contributed by atoms with Crippen LogP contribution in [0.15, 0.2) is 23.8 Å². The highest BCUT2D eigenvalue weighted by molar-refractivity contribution is 7.10. The Kier molecular flexibility index (Phi) is 3.62. The lowest BCUT2D eigenvalue weighted by atomic mass is 10.3. The average molecular weight is 235 g/mol. The van der Waals surface area contributed by atoms with Crippen LogP contribution in [0.1, 0.15) is 23.8 Å². The van der Waals surface area contributed by atoms with E-state index < -0.39 is 0 Å². The molecule has 0 aromatic carbocycles. The van der Waals surface area contributed by atoms with Crippen LogP contribution in [0, 0.1) is 6.92 Å². The Morgan fingerprint density at radius 1 is 1.50 bits per heavy atom. The normalized spacial score (nSPS) is 10.6. The monoisotopic (exact) mass is 235 g/mol. The number of aryl methyl sites for hydroxylation is 2. The summed E-state index contributed by atoms with van der Waals surface area (Å²) >= 11 is 1.80. The summed E-state index contributed by atoms with van der Waals surface area (Å²) in [6.07, 6.45) is 5.07. The van der Waals surface area contributed by atoms with Crippen molar-refractivity contribution >= 4 is 17.0 Å². The van der Waals surface area contributed by atoms with E-state index in [2.05, 4.69) is 41.9 Å². The molecule has 2 aromatic heterocycles. The second kappa shape index (κ2) is 5.16. The maximum absolute atomic E-state index is 4.29. The second-order valence-corrected chi connectivity index (χ2v) is 4.87. The molecule has 2 aromatic rings. The number of anilines is 1. The van der Waals surface area contributed by atoms with Crippen LogP contribution in [0.4, 0.5) is 5.69 Å². The van der Waals surface area contributed by atoms with Crippen molar-refractivity contribution in [2.24, 2.45) is 0 Å². The Balaban J connectivity index is 1.92. The number of thiophene rings is 1. The summed E-state index contributed by atoms with van der Waals surface area (Å²) < 4.78 is 1.98. The van der Waals surface area contributed by atoms with E-state index in [0.29, 0.717) is 0 Å². The number of nitrogens with one attached hydrogen (secondary N) is 1. The van der Waals surface area contributed by atoms with E-state index in [1.165, 1.54) is 10.4 Å². The van der Waals surface area contributed by atoms with Gasteiger partial charge in [-0.1, -0.05) is 6.92 Å². The molecule has 0 bridgehead atoms. The number of hydrogen-bond acceptors (Lipinski definition) is 3. The van der Waals surface area contributed by atoms with Gasteiger partial charge in [0.15, 0.2) is 0 Å². The molecule has 0 spiro atoms. The van der Waals surface area contributed by atoms with Crippen molar-refractivity contribution in [3.8, 4) is 0 Å². The van der Waals surface area contributed by atoms with Gasteiger partial charge in [0, 0.05) is 24.2 Å². The van der Waals surface area contributed by atoms with Crippen molar-refractivity contribution in [1.82, 2.24) is 9.78 Å². The van der Waals surface area contributed by atoms with Gasteiger partial charge < -0.3 is 5.32 Å². The van der Waals surface area contributed by atoms with E-state index in [0.717, 1.165) is 25.2 Å². The second-order valence-electron chi connectivity index (χ2n) is 3.87.